The Kier molecular flexibility index (Phi) is 3.11. The maximum atomic E-state index is 9.56. The number of hydrogen-bond donors (Lipinski definition) is 1. The van der Waals surface area contributed by atoms with E-state index < -0.39 is 6.10 Å². The molecule has 66 valence electrons. The molecule has 0 aliphatic heterocycles. The van der Waals surface area contributed by atoms with Crippen LogP contribution in [-0.2, 0) is 0 Å². The minimum atomic E-state index is -0.416. The first kappa shape index (κ1) is 9.07. The van der Waals surface area contributed by atoms with E-state index in [4.69, 9.17) is 4.42 Å². The molecule has 0 saturated heterocycles. The number of aryl methyl sites for hydroxylation is 1. The highest BCUT2D eigenvalue weighted by molar-refractivity contribution is 5.14. The van der Waals surface area contributed by atoms with Crippen molar-refractivity contribution in [3.8, 4) is 0 Å². The van der Waals surface area contributed by atoms with Gasteiger partial charge in [-0.05, 0) is 25.8 Å². The second-order valence-corrected chi connectivity index (χ2v) is 2.87. The van der Waals surface area contributed by atoms with Gasteiger partial charge in [-0.3, -0.25) is 0 Å². The molecule has 1 rings (SSSR count). The first-order chi connectivity index (χ1) is 5.74. The molecule has 0 fully saturated rings. The minimum Gasteiger partial charge on any atom is -0.469 e. The van der Waals surface area contributed by atoms with Gasteiger partial charge in [0.15, 0.2) is 0 Å². The molecule has 1 heterocycles. The summed E-state index contributed by atoms with van der Waals surface area (Å²) in [5.41, 5.74) is 0.856. The number of aliphatic hydroxyl groups is 1. The van der Waals surface area contributed by atoms with Crippen molar-refractivity contribution in [3.05, 3.63) is 36.3 Å². The van der Waals surface area contributed by atoms with Crippen LogP contribution in [0.25, 0.3) is 0 Å². The van der Waals surface area contributed by atoms with E-state index in [0.717, 1.165) is 17.7 Å². The third kappa shape index (κ3) is 2.24. The number of hydrogen-bond acceptors (Lipinski definition) is 2. The van der Waals surface area contributed by atoms with Gasteiger partial charge in [0.1, 0.15) is 5.76 Å². The van der Waals surface area contributed by atoms with Crippen molar-refractivity contribution in [1.29, 1.82) is 0 Å². The predicted octanol–water partition coefficient (Wildman–Crippen LogP) is 2.59. The molecule has 0 spiro atoms. The van der Waals surface area contributed by atoms with Crippen LogP contribution in [0.2, 0.25) is 0 Å². The van der Waals surface area contributed by atoms with Crippen molar-refractivity contribution in [3.63, 3.8) is 0 Å². The molecule has 0 saturated carbocycles. The Bertz CT molecular complexity index is 250. The van der Waals surface area contributed by atoms with Gasteiger partial charge < -0.3 is 9.52 Å². The molecule has 0 aliphatic carbocycles. The van der Waals surface area contributed by atoms with E-state index >= 15 is 0 Å². The molecular weight excluding hydrogens is 152 g/mol. The van der Waals surface area contributed by atoms with Crippen molar-refractivity contribution < 1.29 is 9.52 Å². The van der Waals surface area contributed by atoms with Gasteiger partial charge in [-0.15, -0.1) is 6.58 Å². The number of aliphatic hydroxyl groups excluding tert-OH is 1. The number of allylic oxidation sites excluding steroid dienone is 1. The van der Waals surface area contributed by atoms with Gasteiger partial charge in [0, 0.05) is 5.56 Å². The largest absolute Gasteiger partial charge is 0.469 e. The summed E-state index contributed by atoms with van der Waals surface area (Å²) in [5.74, 6) is 0.836. The standard InChI is InChI=1S/C10H14O2/c1-3-4-5-10(11)9-6-8(2)12-7-9/h3,6-7,10-11H,1,4-5H2,2H3. The fourth-order valence-corrected chi connectivity index (χ4v) is 1.08. The normalized spacial score (nSPS) is 12.8. The lowest BCUT2D eigenvalue weighted by molar-refractivity contribution is 0.168. The highest BCUT2D eigenvalue weighted by Crippen LogP contribution is 2.20. The maximum Gasteiger partial charge on any atom is 0.101 e. The Morgan fingerprint density at radius 2 is 2.50 bits per heavy atom. The van der Waals surface area contributed by atoms with Crippen LogP contribution in [0.5, 0.6) is 0 Å². The molecule has 1 unspecified atom stereocenters. The third-order valence-electron chi connectivity index (χ3n) is 1.78. The summed E-state index contributed by atoms with van der Waals surface area (Å²) >= 11 is 0. The summed E-state index contributed by atoms with van der Waals surface area (Å²) in [6, 6.07) is 1.85. The SMILES string of the molecule is C=CCCC(O)c1coc(C)c1. The van der Waals surface area contributed by atoms with Crippen molar-refractivity contribution in [2.75, 3.05) is 0 Å². The molecule has 1 atom stereocenters. The molecule has 0 amide bonds. The zero-order valence-electron chi connectivity index (χ0n) is 7.29. The van der Waals surface area contributed by atoms with Crippen LogP contribution in [0.1, 0.15) is 30.3 Å². The Morgan fingerprint density at radius 3 is 3.00 bits per heavy atom. The summed E-state index contributed by atoms with van der Waals surface area (Å²) < 4.78 is 5.08. The van der Waals surface area contributed by atoms with Gasteiger partial charge in [0.2, 0.25) is 0 Å². The van der Waals surface area contributed by atoms with E-state index in [-0.39, 0.29) is 0 Å². The zero-order chi connectivity index (χ0) is 8.97. The summed E-state index contributed by atoms with van der Waals surface area (Å²) in [4.78, 5) is 0. The lowest BCUT2D eigenvalue weighted by atomic mass is 10.1. The van der Waals surface area contributed by atoms with Crippen LogP contribution in [0.3, 0.4) is 0 Å². The average Bonchev–Trinajstić information content (AvgIpc) is 2.47. The second-order valence-electron chi connectivity index (χ2n) is 2.87. The lowest BCUT2D eigenvalue weighted by Crippen LogP contribution is -1.93. The van der Waals surface area contributed by atoms with Gasteiger partial charge in [0.05, 0.1) is 12.4 Å². The minimum absolute atomic E-state index is 0.416. The van der Waals surface area contributed by atoms with Gasteiger partial charge in [-0.2, -0.15) is 0 Å². The van der Waals surface area contributed by atoms with E-state index in [0.29, 0.717) is 6.42 Å². The Morgan fingerprint density at radius 1 is 1.75 bits per heavy atom. The van der Waals surface area contributed by atoms with Gasteiger partial charge in [0.25, 0.3) is 0 Å². The van der Waals surface area contributed by atoms with E-state index in [2.05, 4.69) is 6.58 Å². The van der Waals surface area contributed by atoms with Gasteiger partial charge in [-0.25, -0.2) is 0 Å². The molecule has 1 aromatic rings. The highest BCUT2D eigenvalue weighted by atomic mass is 16.3. The third-order valence-corrected chi connectivity index (χ3v) is 1.78. The summed E-state index contributed by atoms with van der Waals surface area (Å²) in [5, 5.41) is 9.56. The van der Waals surface area contributed by atoms with Crippen LogP contribution in [-0.4, -0.2) is 5.11 Å². The summed E-state index contributed by atoms with van der Waals surface area (Å²) in [6.07, 6.45) is 4.52. The first-order valence-corrected chi connectivity index (χ1v) is 4.08. The molecule has 0 aliphatic rings. The first-order valence-electron chi connectivity index (χ1n) is 4.08. The molecule has 0 bridgehead atoms. The molecule has 2 heteroatoms. The average molecular weight is 166 g/mol. The number of rotatable bonds is 4. The van der Waals surface area contributed by atoms with Crippen LogP contribution in [0.15, 0.2) is 29.4 Å². The molecule has 0 radical (unpaired) electrons. The zero-order valence-corrected chi connectivity index (χ0v) is 7.29. The monoisotopic (exact) mass is 166 g/mol. The van der Waals surface area contributed by atoms with E-state index in [9.17, 15) is 5.11 Å². The molecule has 0 aromatic carbocycles. The van der Waals surface area contributed by atoms with Crippen molar-refractivity contribution >= 4 is 0 Å². The van der Waals surface area contributed by atoms with E-state index in [1.165, 1.54) is 0 Å². The van der Waals surface area contributed by atoms with Crippen molar-refractivity contribution in [2.45, 2.75) is 25.9 Å². The molecule has 2 nitrogen and oxygen atoms in total. The fraction of sp³-hybridized carbons (Fsp3) is 0.400. The number of furan rings is 1. The van der Waals surface area contributed by atoms with Crippen LogP contribution < -0.4 is 0 Å². The molecule has 1 aromatic heterocycles. The predicted molar refractivity (Wildman–Crippen MR) is 47.8 cm³/mol. The topological polar surface area (TPSA) is 33.4 Å². The fourth-order valence-electron chi connectivity index (χ4n) is 1.08. The highest BCUT2D eigenvalue weighted by Gasteiger charge is 2.08. The van der Waals surface area contributed by atoms with Crippen LogP contribution in [0.4, 0.5) is 0 Å². The van der Waals surface area contributed by atoms with Gasteiger partial charge in [-0.1, -0.05) is 6.08 Å². The molecule has 12 heavy (non-hydrogen) atoms. The quantitative estimate of drug-likeness (QED) is 0.697. The maximum absolute atomic E-state index is 9.56. The Labute approximate surface area is 72.5 Å². The molecular formula is C10H14O2. The van der Waals surface area contributed by atoms with E-state index in [1.54, 1.807) is 12.3 Å². The Hall–Kier alpha value is -1.02. The summed E-state index contributed by atoms with van der Waals surface area (Å²) in [6.45, 7) is 5.46. The summed E-state index contributed by atoms with van der Waals surface area (Å²) in [7, 11) is 0. The molecule has 1 N–H and O–H groups in total. The Balaban J connectivity index is 2.52. The van der Waals surface area contributed by atoms with Crippen molar-refractivity contribution in [1.82, 2.24) is 0 Å². The van der Waals surface area contributed by atoms with Gasteiger partial charge >= 0.3 is 0 Å². The van der Waals surface area contributed by atoms with Crippen LogP contribution >= 0.6 is 0 Å². The second kappa shape index (κ2) is 4.12. The van der Waals surface area contributed by atoms with Crippen molar-refractivity contribution in [2.24, 2.45) is 0 Å². The smallest absolute Gasteiger partial charge is 0.101 e. The van der Waals surface area contributed by atoms with Crippen LogP contribution in [0, 0.1) is 6.92 Å². The lowest BCUT2D eigenvalue weighted by Gasteiger charge is -2.04. The van der Waals surface area contributed by atoms with E-state index in [1.807, 2.05) is 13.0 Å².